The van der Waals surface area contributed by atoms with Crippen molar-refractivity contribution in [3.8, 4) is 0 Å². The second kappa shape index (κ2) is 3.71. The predicted molar refractivity (Wildman–Crippen MR) is 69.2 cm³/mol. The molecule has 1 aromatic carbocycles. The monoisotopic (exact) mass is 254 g/mol. The van der Waals surface area contributed by atoms with E-state index in [0.29, 0.717) is 11.4 Å². The number of halogens is 1. The lowest BCUT2D eigenvalue weighted by Crippen LogP contribution is -2.43. The van der Waals surface area contributed by atoms with Crippen LogP contribution in [-0.4, -0.2) is 16.3 Å². The molecular formula is C14H19ClO2. The van der Waals surface area contributed by atoms with Crippen LogP contribution in [0.1, 0.15) is 39.7 Å². The minimum Gasteiger partial charge on any atom is -0.382 e. The van der Waals surface area contributed by atoms with Gasteiger partial charge < -0.3 is 9.84 Å². The highest BCUT2D eigenvalue weighted by atomic mass is 35.5. The van der Waals surface area contributed by atoms with E-state index in [1.165, 1.54) is 0 Å². The first-order valence-electron chi connectivity index (χ1n) is 5.85. The van der Waals surface area contributed by atoms with E-state index < -0.39 is 11.2 Å². The molecule has 1 saturated heterocycles. The lowest BCUT2D eigenvalue weighted by atomic mass is 9.77. The van der Waals surface area contributed by atoms with E-state index in [2.05, 4.69) is 0 Å². The van der Waals surface area contributed by atoms with Gasteiger partial charge in [0.2, 0.25) is 0 Å². The van der Waals surface area contributed by atoms with Crippen molar-refractivity contribution in [1.29, 1.82) is 0 Å². The van der Waals surface area contributed by atoms with Crippen LogP contribution in [0.25, 0.3) is 0 Å². The van der Waals surface area contributed by atoms with E-state index in [-0.39, 0.29) is 5.60 Å². The lowest BCUT2D eigenvalue weighted by molar-refractivity contribution is -0.129. The second-order valence-electron chi connectivity index (χ2n) is 5.92. The molecule has 17 heavy (non-hydrogen) atoms. The van der Waals surface area contributed by atoms with Crippen LogP contribution in [0, 0.1) is 0 Å². The summed E-state index contributed by atoms with van der Waals surface area (Å²) in [6, 6.07) is 7.38. The first-order chi connectivity index (χ1) is 7.66. The molecule has 1 aliphatic heterocycles. The van der Waals surface area contributed by atoms with Crippen LogP contribution in [0.2, 0.25) is 5.02 Å². The van der Waals surface area contributed by atoms with Gasteiger partial charge in [-0.3, -0.25) is 0 Å². The van der Waals surface area contributed by atoms with Crippen LogP contribution in [-0.2, 0) is 10.3 Å². The van der Waals surface area contributed by atoms with Crippen molar-refractivity contribution in [2.24, 2.45) is 0 Å². The van der Waals surface area contributed by atoms with Crippen LogP contribution in [0.5, 0.6) is 0 Å². The number of hydrogen-bond donors (Lipinski definition) is 1. The average molecular weight is 255 g/mol. The molecule has 1 aliphatic rings. The Balaban J connectivity index is 2.49. The normalized spacial score (nSPS) is 30.5. The summed E-state index contributed by atoms with van der Waals surface area (Å²) in [6.07, 6.45) is 0.563. The highest BCUT2D eigenvalue weighted by Crippen LogP contribution is 2.50. The Kier molecular flexibility index (Phi) is 2.81. The summed E-state index contributed by atoms with van der Waals surface area (Å²) in [4.78, 5) is 0. The average Bonchev–Trinajstić information content (AvgIpc) is 2.31. The molecule has 1 unspecified atom stereocenters. The predicted octanol–water partition coefficient (Wildman–Crippen LogP) is 3.51. The Hall–Kier alpha value is -0.570. The van der Waals surface area contributed by atoms with E-state index >= 15 is 0 Å². The molecule has 0 aliphatic carbocycles. The van der Waals surface area contributed by atoms with Gasteiger partial charge in [-0.1, -0.05) is 23.7 Å². The summed E-state index contributed by atoms with van der Waals surface area (Å²) >= 11 is 6.00. The van der Waals surface area contributed by atoms with E-state index in [4.69, 9.17) is 16.3 Å². The van der Waals surface area contributed by atoms with Gasteiger partial charge in [0.25, 0.3) is 0 Å². The zero-order chi connectivity index (χ0) is 12.9. The van der Waals surface area contributed by atoms with Gasteiger partial charge in [-0.2, -0.15) is 0 Å². The zero-order valence-electron chi connectivity index (χ0n) is 10.7. The standard InChI is InChI=1S/C14H19ClO2/c1-12(2)9-14(16,13(3,4)17-12)10-6-5-7-11(15)8-10/h5-8,16H,9H2,1-4H3. The number of hydrogen-bond acceptors (Lipinski definition) is 2. The summed E-state index contributed by atoms with van der Waals surface area (Å²) in [5.41, 5.74) is -1.14. The van der Waals surface area contributed by atoms with Gasteiger partial charge in [0.15, 0.2) is 0 Å². The number of ether oxygens (including phenoxy) is 1. The molecule has 0 saturated carbocycles. The van der Waals surface area contributed by atoms with Crippen molar-refractivity contribution < 1.29 is 9.84 Å². The summed E-state index contributed by atoms with van der Waals surface area (Å²) in [5, 5.41) is 11.6. The fraction of sp³-hybridized carbons (Fsp3) is 0.571. The smallest absolute Gasteiger partial charge is 0.121 e. The van der Waals surface area contributed by atoms with E-state index in [9.17, 15) is 5.11 Å². The van der Waals surface area contributed by atoms with Gasteiger partial charge in [0.1, 0.15) is 5.60 Å². The molecule has 0 spiro atoms. The van der Waals surface area contributed by atoms with Gasteiger partial charge in [0.05, 0.1) is 11.2 Å². The molecule has 2 rings (SSSR count). The van der Waals surface area contributed by atoms with Gasteiger partial charge in [-0.25, -0.2) is 0 Å². The molecule has 0 amide bonds. The third kappa shape index (κ3) is 2.10. The molecule has 3 heteroatoms. The van der Waals surface area contributed by atoms with Crippen LogP contribution in [0.4, 0.5) is 0 Å². The molecule has 1 heterocycles. The van der Waals surface area contributed by atoms with Crippen molar-refractivity contribution in [2.45, 2.75) is 50.9 Å². The summed E-state index contributed by atoms with van der Waals surface area (Å²) in [6.45, 7) is 7.83. The molecule has 1 atom stereocenters. The Bertz CT molecular complexity index is 440. The maximum Gasteiger partial charge on any atom is 0.121 e. The fourth-order valence-corrected chi connectivity index (χ4v) is 3.03. The SMILES string of the molecule is CC1(C)CC(O)(c2cccc(Cl)c2)C(C)(C)O1. The molecule has 1 N–H and O–H groups in total. The van der Waals surface area contributed by atoms with Gasteiger partial charge >= 0.3 is 0 Å². The second-order valence-corrected chi connectivity index (χ2v) is 6.36. The van der Waals surface area contributed by atoms with Crippen molar-refractivity contribution in [2.75, 3.05) is 0 Å². The molecular weight excluding hydrogens is 236 g/mol. The third-order valence-electron chi connectivity index (χ3n) is 3.51. The zero-order valence-corrected chi connectivity index (χ0v) is 11.5. The van der Waals surface area contributed by atoms with E-state index in [0.717, 1.165) is 5.56 Å². The van der Waals surface area contributed by atoms with Crippen LogP contribution in [0.3, 0.4) is 0 Å². The third-order valence-corrected chi connectivity index (χ3v) is 3.75. The molecule has 0 radical (unpaired) electrons. The molecule has 0 aromatic heterocycles. The summed E-state index contributed by atoms with van der Waals surface area (Å²) in [7, 11) is 0. The Morgan fingerprint density at radius 3 is 2.35 bits per heavy atom. The van der Waals surface area contributed by atoms with E-state index in [1.54, 1.807) is 0 Å². The first kappa shape index (κ1) is 12.9. The topological polar surface area (TPSA) is 29.5 Å². The van der Waals surface area contributed by atoms with Crippen molar-refractivity contribution >= 4 is 11.6 Å². The molecule has 2 nitrogen and oxygen atoms in total. The molecule has 94 valence electrons. The van der Waals surface area contributed by atoms with Crippen molar-refractivity contribution in [3.05, 3.63) is 34.9 Å². The fourth-order valence-electron chi connectivity index (χ4n) is 2.84. The molecule has 1 aromatic rings. The number of benzene rings is 1. The summed E-state index contributed by atoms with van der Waals surface area (Å²) < 4.78 is 5.95. The molecule has 0 bridgehead atoms. The maximum atomic E-state index is 11.0. The maximum absolute atomic E-state index is 11.0. The number of aliphatic hydroxyl groups is 1. The van der Waals surface area contributed by atoms with Crippen LogP contribution >= 0.6 is 11.6 Å². The Morgan fingerprint density at radius 2 is 1.88 bits per heavy atom. The minimum atomic E-state index is -0.999. The largest absolute Gasteiger partial charge is 0.382 e. The van der Waals surface area contributed by atoms with Crippen LogP contribution < -0.4 is 0 Å². The first-order valence-corrected chi connectivity index (χ1v) is 6.23. The highest BCUT2D eigenvalue weighted by Gasteiger charge is 2.57. The molecule has 1 fully saturated rings. The van der Waals surface area contributed by atoms with Gasteiger partial charge in [-0.15, -0.1) is 0 Å². The summed E-state index contributed by atoms with van der Waals surface area (Å²) in [5.74, 6) is 0. The Morgan fingerprint density at radius 1 is 1.24 bits per heavy atom. The van der Waals surface area contributed by atoms with Gasteiger partial charge in [-0.05, 0) is 45.4 Å². The van der Waals surface area contributed by atoms with Crippen molar-refractivity contribution in [1.82, 2.24) is 0 Å². The Labute approximate surface area is 108 Å². The van der Waals surface area contributed by atoms with Crippen LogP contribution in [0.15, 0.2) is 24.3 Å². The lowest BCUT2D eigenvalue weighted by Gasteiger charge is -2.35. The number of rotatable bonds is 1. The van der Waals surface area contributed by atoms with E-state index in [1.807, 2.05) is 52.0 Å². The van der Waals surface area contributed by atoms with Gasteiger partial charge in [0, 0.05) is 11.4 Å². The van der Waals surface area contributed by atoms with Crippen molar-refractivity contribution in [3.63, 3.8) is 0 Å². The quantitative estimate of drug-likeness (QED) is 0.831. The minimum absolute atomic E-state index is 0.333. The highest BCUT2D eigenvalue weighted by molar-refractivity contribution is 6.30.